The minimum absolute atomic E-state index is 0.302. The number of esters is 2. The van der Waals surface area contributed by atoms with Crippen LogP contribution in [0.15, 0.2) is 97.1 Å². The van der Waals surface area contributed by atoms with Gasteiger partial charge in [0.15, 0.2) is 0 Å². The van der Waals surface area contributed by atoms with Crippen molar-refractivity contribution in [3.05, 3.63) is 130 Å². The number of benzene rings is 4. The van der Waals surface area contributed by atoms with E-state index in [0.717, 1.165) is 0 Å². The zero-order chi connectivity index (χ0) is 30.1. The van der Waals surface area contributed by atoms with Gasteiger partial charge in [-0.2, -0.15) is 10.5 Å². The Kier molecular flexibility index (Phi) is 9.29. The maximum Gasteiger partial charge on any atom is 0.509 e. The summed E-state index contributed by atoms with van der Waals surface area (Å²) in [6.45, 7) is 3.34. The Morgan fingerprint density at radius 3 is 1.19 bits per heavy atom. The van der Waals surface area contributed by atoms with Crippen molar-refractivity contribution in [2.24, 2.45) is 0 Å². The number of hydrogen-bond acceptors (Lipinski definition) is 9. The third-order valence-corrected chi connectivity index (χ3v) is 6.17. The molecule has 2 unspecified atom stereocenters. The average Bonchev–Trinajstić information content (AvgIpc) is 3.01. The lowest BCUT2D eigenvalue weighted by atomic mass is 10.1. The van der Waals surface area contributed by atoms with Crippen LogP contribution in [0.5, 0.6) is 11.5 Å². The molecule has 0 fully saturated rings. The summed E-state index contributed by atoms with van der Waals surface area (Å²) in [6.07, 6.45) is -2.20. The number of rotatable bonds is 8. The molecule has 0 aliphatic rings. The van der Waals surface area contributed by atoms with Crippen LogP contribution in [0.4, 0.5) is 4.79 Å². The number of carbonyl (C=O) groups excluding carboxylic acids is 3. The molecule has 2 atom stereocenters. The summed E-state index contributed by atoms with van der Waals surface area (Å²) >= 11 is 0. The van der Waals surface area contributed by atoms with Crippen molar-refractivity contribution in [3.8, 4) is 23.6 Å². The van der Waals surface area contributed by atoms with E-state index in [1.807, 2.05) is 12.1 Å². The van der Waals surface area contributed by atoms with Gasteiger partial charge in [0.25, 0.3) is 0 Å². The molecule has 0 saturated heterocycles. The van der Waals surface area contributed by atoms with E-state index in [0.29, 0.717) is 44.9 Å². The van der Waals surface area contributed by atoms with Crippen molar-refractivity contribution in [1.82, 2.24) is 0 Å². The summed E-state index contributed by atoms with van der Waals surface area (Å²) in [5.74, 6) is -0.508. The fraction of sp³-hybridized carbons (Fsp3) is 0.121. The summed E-state index contributed by atoms with van der Waals surface area (Å²) in [6, 6.07) is 29.2. The Hall–Kier alpha value is -5.93. The second-order valence-corrected chi connectivity index (χ2v) is 9.07. The maximum absolute atomic E-state index is 12.4. The molecule has 0 saturated carbocycles. The number of carbonyl (C=O) groups is 3. The third kappa shape index (κ3) is 7.59. The molecule has 9 nitrogen and oxygen atoms in total. The van der Waals surface area contributed by atoms with E-state index in [4.69, 9.17) is 29.5 Å². The Labute approximate surface area is 242 Å². The second-order valence-electron chi connectivity index (χ2n) is 9.07. The Morgan fingerprint density at radius 1 is 0.548 bits per heavy atom. The van der Waals surface area contributed by atoms with Gasteiger partial charge in [-0.15, -0.1) is 0 Å². The highest BCUT2D eigenvalue weighted by Gasteiger charge is 2.19. The average molecular weight is 561 g/mol. The highest BCUT2D eigenvalue weighted by Crippen LogP contribution is 2.23. The molecule has 0 heterocycles. The van der Waals surface area contributed by atoms with Gasteiger partial charge in [0, 0.05) is 0 Å². The topological polar surface area (TPSA) is 136 Å². The van der Waals surface area contributed by atoms with Gasteiger partial charge in [0.1, 0.15) is 23.7 Å². The van der Waals surface area contributed by atoms with E-state index in [-0.39, 0.29) is 0 Å². The molecular formula is C33H24N2O7. The molecule has 0 radical (unpaired) electrons. The number of nitriles is 2. The first-order valence-electron chi connectivity index (χ1n) is 12.8. The van der Waals surface area contributed by atoms with Gasteiger partial charge in [0.2, 0.25) is 0 Å². The molecule has 0 bridgehead atoms. The van der Waals surface area contributed by atoms with Crippen LogP contribution in [0.1, 0.15) is 69.0 Å². The highest BCUT2D eigenvalue weighted by molar-refractivity contribution is 5.91. The first kappa shape index (κ1) is 29.1. The van der Waals surface area contributed by atoms with Gasteiger partial charge in [-0.05, 0) is 97.8 Å². The third-order valence-electron chi connectivity index (χ3n) is 6.17. The second kappa shape index (κ2) is 13.4. The normalized spacial score (nSPS) is 11.6. The first-order chi connectivity index (χ1) is 20.2. The molecule has 0 N–H and O–H groups in total. The number of nitrogens with zero attached hydrogens (tertiary/aromatic N) is 2. The van der Waals surface area contributed by atoms with Crippen LogP contribution in [-0.4, -0.2) is 18.1 Å². The van der Waals surface area contributed by atoms with Crippen molar-refractivity contribution >= 4 is 18.1 Å². The smallest absolute Gasteiger partial charge is 0.426 e. The quantitative estimate of drug-likeness (QED) is 0.167. The lowest BCUT2D eigenvalue weighted by Gasteiger charge is -2.17. The summed E-state index contributed by atoms with van der Waals surface area (Å²) < 4.78 is 21.4. The molecular weight excluding hydrogens is 536 g/mol. The van der Waals surface area contributed by atoms with Crippen molar-refractivity contribution < 1.29 is 33.3 Å². The number of ether oxygens (including phenoxy) is 4. The zero-order valence-corrected chi connectivity index (χ0v) is 22.6. The minimum atomic E-state index is -0.886. The molecule has 9 heteroatoms. The lowest BCUT2D eigenvalue weighted by Crippen LogP contribution is -2.14. The van der Waals surface area contributed by atoms with Crippen LogP contribution < -0.4 is 9.47 Å². The van der Waals surface area contributed by atoms with E-state index in [9.17, 15) is 14.4 Å². The van der Waals surface area contributed by atoms with Crippen LogP contribution in [0.25, 0.3) is 0 Å². The van der Waals surface area contributed by atoms with E-state index in [2.05, 4.69) is 0 Å². The van der Waals surface area contributed by atoms with E-state index >= 15 is 0 Å². The SMILES string of the molecule is CC(OC(=O)OC(C)c1ccc(C(=O)Oc2ccc(C#N)cc2)cc1)c1ccc(C(=O)Oc2ccc(C#N)cc2)cc1. The minimum Gasteiger partial charge on any atom is -0.426 e. The fourth-order valence-electron chi connectivity index (χ4n) is 3.76. The van der Waals surface area contributed by atoms with E-state index in [1.165, 1.54) is 24.3 Å². The monoisotopic (exact) mass is 560 g/mol. The number of hydrogen-bond donors (Lipinski definition) is 0. The van der Waals surface area contributed by atoms with Crippen LogP contribution >= 0.6 is 0 Å². The Bertz CT molecular complexity index is 1520. The van der Waals surface area contributed by atoms with Crippen molar-refractivity contribution in [2.75, 3.05) is 0 Å². The molecule has 4 rings (SSSR count). The molecule has 0 spiro atoms. The van der Waals surface area contributed by atoms with Gasteiger partial charge in [0.05, 0.1) is 34.4 Å². The summed E-state index contributed by atoms with van der Waals surface area (Å²) in [5, 5.41) is 17.7. The molecule has 0 aliphatic heterocycles. The van der Waals surface area contributed by atoms with E-state index in [1.54, 1.807) is 86.6 Å². The molecule has 4 aromatic carbocycles. The van der Waals surface area contributed by atoms with Crippen LogP contribution in [0.2, 0.25) is 0 Å². The lowest BCUT2D eigenvalue weighted by molar-refractivity contribution is 0.00619. The van der Waals surface area contributed by atoms with Crippen molar-refractivity contribution in [3.63, 3.8) is 0 Å². The van der Waals surface area contributed by atoms with Crippen LogP contribution in [0.3, 0.4) is 0 Å². The van der Waals surface area contributed by atoms with E-state index < -0.39 is 30.3 Å². The van der Waals surface area contributed by atoms with Crippen molar-refractivity contribution in [1.29, 1.82) is 10.5 Å². The standard InChI is InChI=1S/C33H24N2O7/c1-21(25-7-11-27(12-8-25)31(36)41-29-15-3-23(19-34)4-16-29)39-33(38)40-22(2)26-9-13-28(14-10-26)32(37)42-30-17-5-24(20-35)6-18-30/h3-18,21-22H,1-2H3. The molecule has 0 aromatic heterocycles. The van der Waals surface area contributed by atoms with Crippen LogP contribution in [0, 0.1) is 22.7 Å². The fourth-order valence-corrected chi connectivity index (χ4v) is 3.76. The highest BCUT2D eigenvalue weighted by atomic mass is 16.7. The first-order valence-corrected chi connectivity index (χ1v) is 12.8. The Morgan fingerprint density at radius 2 is 0.881 bits per heavy atom. The van der Waals surface area contributed by atoms with Gasteiger partial charge in [-0.25, -0.2) is 14.4 Å². The van der Waals surface area contributed by atoms with Crippen LogP contribution in [-0.2, 0) is 9.47 Å². The van der Waals surface area contributed by atoms with Crippen molar-refractivity contribution in [2.45, 2.75) is 26.1 Å². The summed E-state index contributed by atoms with van der Waals surface area (Å²) in [7, 11) is 0. The van der Waals surface area contributed by atoms with Gasteiger partial charge >= 0.3 is 18.1 Å². The molecule has 208 valence electrons. The summed E-state index contributed by atoms with van der Waals surface area (Å²) in [5.41, 5.74) is 2.79. The Balaban J connectivity index is 1.27. The maximum atomic E-state index is 12.4. The van der Waals surface area contributed by atoms with Gasteiger partial charge in [-0.1, -0.05) is 24.3 Å². The predicted octanol–water partition coefficient (Wildman–Crippen LogP) is 6.84. The largest absolute Gasteiger partial charge is 0.509 e. The molecule has 0 amide bonds. The molecule has 42 heavy (non-hydrogen) atoms. The van der Waals surface area contributed by atoms with Gasteiger partial charge in [-0.3, -0.25) is 0 Å². The molecule has 0 aliphatic carbocycles. The predicted molar refractivity (Wildman–Crippen MR) is 150 cm³/mol. The molecule has 4 aromatic rings. The summed E-state index contributed by atoms with van der Waals surface area (Å²) in [4.78, 5) is 37.3. The zero-order valence-electron chi connectivity index (χ0n) is 22.6. The van der Waals surface area contributed by atoms with Gasteiger partial charge < -0.3 is 18.9 Å².